The molecule has 0 bridgehead atoms. The lowest BCUT2D eigenvalue weighted by molar-refractivity contribution is -0.116. The molecule has 2 aromatic carbocycles. The summed E-state index contributed by atoms with van der Waals surface area (Å²) in [4.78, 5) is 32.3. The first-order valence-electron chi connectivity index (χ1n) is 10.3. The van der Waals surface area contributed by atoms with Gasteiger partial charge in [-0.2, -0.15) is 0 Å². The number of hydrogen-bond acceptors (Lipinski definition) is 6. The molecule has 2 N–H and O–H groups in total. The summed E-state index contributed by atoms with van der Waals surface area (Å²) in [6, 6.07) is 16.0. The van der Waals surface area contributed by atoms with Crippen LogP contribution in [0.5, 0.6) is 11.5 Å². The van der Waals surface area contributed by atoms with Crippen LogP contribution in [0.3, 0.4) is 0 Å². The Bertz CT molecular complexity index is 1400. The molecule has 8 nitrogen and oxygen atoms in total. The highest BCUT2D eigenvalue weighted by atomic mass is 32.1. The summed E-state index contributed by atoms with van der Waals surface area (Å²) in [7, 11) is 1.55. The zero-order valence-corrected chi connectivity index (χ0v) is 18.7. The molecule has 33 heavy (non-hydrogen) atoms. The molecule has 0 aliphatic heterocycles. The first-order chi connectivity index (χ1) is 16.0. The van der Waals surface area contributed by atoms with E-state index in [9.17, 15) is 9.59 Å². The Morgan fingerprint density at radius 3 is 2.70 bits per heavy atom. The largest absolute Gasteiger partial charge is 0.493 e. The molecule has 0 saturated heterocycles. The van der Waals surface area contributed by atoms with Crippen LogP contribution >= 0.6 is 12.2 Å². The number of methoxy groups -OCH3 is 1. The van der Waals surface area contributed by atoms with E-state index in [4.69, 9.17) is 21.7 Å². The van der Waals surface area contributed by atoms with Gasteiger partial charge in [0.15, 0.2) is 16.3 Å². The SMILES string of the molecule is COc1ccc(NC(=O)CCn2c(=S)[nH]c3ccccc3c2=O)cc1OCc1ccncc1. The van der Waals surface area contributed by atoms with Crippen LogP contribution in [-0.4, -0.2) is 27.6 Å². The number of H-pyrrole nitrogens is 1. The first kappa shape index (κ1) is 22.2. The number of nitrogens with one attached hydrogen (secondary N) is 2. The monoisotopic (exact) mass is 462 g/mol. The maximum Gasteiger partial charge on any atom is 0.262 e. The average Bonchev–Trinajstić information content (AvgIpc) is 2.83. The number of rotatable bonds is 8. The van der Waals surface area contributed by atoms with Crippen molar-refractivity contribution >= 4 is 34.7 Å². The molecule has 0 atom stereocenters. The van der Waals surface area contributed by atoms with Gasteiger partial charge in [0.1, 0.15) is 6.61 Å². The van der Waals surface area contributed by atoms with Crippen molar-refractivity contribution in [3.05, 3.63) is 87.7 Å². The van der Waals surface area contributed by atoms with Gasteiger partial charge in [0.25, 0.3) is 5.56 Å². The van der Waals surface area contributed by atoms with Crippen molar-refractivity contribution < 1.29 is 14.3 Å². The number of nitrogens with zero attached hydrogens (tertiary/aromatic N) is 2. The minimum atomic E-state index is -0.255. The van der Waals surface area contributed by atoms with Gasteiger partial charge in [-0.3, -0.25) is 19.1 Å². The fraction of sp³-hybridized carbons (Fsp3) is 0.167. The summed E-state index contributed by atoms with van der Waals surface area (Å²) >= 11 is 5.30. The maximum absolute atomic E-state index is 12.7. The third kappa shape index (κ3) is 5.27. The second kappa shape index (κ2) is 10.1. The second-order valence-electron chi connectivity index (χ2n) is 7.24. The molecule has 0 spiro atoms. The van der Waals surface area contributed by atoms with Gasteiger partial charge in [0, 0.05) is 37.1 Å². The Kier molecular flexibility index (Phi) is 6.80. The summed E-state index contributed by atoms with van der Waals surface area (Å²) in [5.74, 6) is 0.797. The van der Waals surface area contributed by atoms with Crippen molar-refractivity contribution in [2.24, 2.45) is 0 Å². The summed E-state index contributed by atoms with van der Waals surface area (Å²) in [6.07, 6.45) is 3.47. The van der Waals surface area contributed by atoms with E-state index in [1.54, 1.807) is 55.9 Å². The number of ether oxygens (including phenoxy) is 2. The third-order valence-corrected chi connectivity index (χ3v) is 5.37. The van der Waals surface area contributed by atoms with E-state index in [1.807, 2.05) is 18.2 Å². The van der Waals surface area contributed by atoms with Crippen LogP contribution < -0.4 is 20.3 Å². The number of benzene rings is 2. The molecule has 0 fully saturated rings. The molecule has 4 rings (SSSR count). The van der Waals surface area contributed by atoms with Crippen LogP contribution in [0.25, 0.3) is 10.9 Å². The Balaban J connectivity index is 1.44. The molecule has 0 aliphatic rings. The molecular weight excluding hydrogens is 440 g/mol. The predicted octanol–water partition coefficient (Wildman–Crippen LogP) is 4.07. The first-order valence-corrected chi connectivity index (χ1v) is 10.7. The quantitative estimate of drug-likeness (QED) is 0.383. The van der Waals surface area contributed by atoms with Crippen molar-refractivity contribution in [1.82, 2.24) is 14.5 Å². The van der Waals surface area contributed by atoms with Crippen LogP contribution in [0.1, 0.15) is 12.0 Å². The van der Waals surface area contributed by atoms with E-state index >= 15 is 0 Å². The lowest BCUT2D eigenvalue weighted by Crippen LogP contribution is -2.25. The van der Waals surface area contributed by atoms with E-state index in [2.05, 4.69) is 15.3 Å². The molecule has 2 heterocycles. The molecule has 0 unspecified atom stereocenters. The predicted molar refractivity (Wildman–Crippen MR) is 128 cm³/mol. The van der Waals surface area contributed by atoms with Gasteiger partial charge in [0.05, 0.1) is 18.0 Å². The maximum atomic E-state index is 12.7. The van der Waals surface area contributed by atoms with Crippen molar-refractivity contribution in [3.63, 3.8) is 0 Å². The Morgan fingerprint density at radius 2 is 1.91 bits per heavy atom. The normalized spacial score (nSPS) is 10.7. The van der Waals surface area contributed by atoms with Crippen molar-refractivity contribution in [2.75, 3.05) is 12.4 Å². The Morgan fingerprint density at radius 1 is 1.12 bits per heavy atom. The molecule has 4 aromatic rings. The summed E-state index contributed by atoms with van der Waals surface area (Å²) in [5, 5.41) is 3.36. The van der Waals surface area contributed by atoms with Crippen LogP contribution in [0, 0.1) is 4.77 Å². The molecule has 0 saturated carbocycles. The van der Waals surface area contributed by atoms with Gasteiger partial charge in [-0.15, -0.1) is 0 Å². The fourth-order valence-electron chi connectivity index (χ4n) is 3.35. The van der Waals surface area contributed by atoms with E-state index in [-0.39, 0.29) is 29.2 Å². The zero-order valence-electron chi connectivity index (χ0n) is 17.9. The van der Waals surface area contributed by atoms with Gasteiger partial charge in [0.2, 0.25) is 5.91 Å². The van der Waals surface area contributed by atoms with Crippen LogP contribution in [0.2, 0.25) is 0 Å². The molecule has 1 amide bonds. The number of aromatic nitrogens is 3. The van der Waals surface area contributed by atoms with Gasteiger partial charge in [-0.05, 0) is 54.2 Å². The topological polar surface area (TPSA) is 98.2 Å². The highest BCUT2D eigenvalue weighted by molar-refractivity contribution is 7.71. The molecule has 9 heteroatoms. The van der Waals surface area contributed by atoms with Crippen LogP contribution in [0.4, 0.5) is 5.69 Å². The zero-order chi connectivity index (χ0) is 23.2. The summed E-state index contributed by atoms with van der Waals surface area (Å²) < 4.78 is 12.9. The number of aromatic amines is 1. The van der Waals surface area contributed by atoms with E-state index in [0.717, 1.165) is 5.56 Å². The number of pyridine rings is 1. The Labute approximate surface area is 194 Å². The second-order valence-corrected chi connectivity index (χ2v) is 7.63. The van der Waals surface area contributed by atoms with Crippen molar-refractivity contribution in [2.45, 2.75) is 19.6 Å². The van der Waals surface area contributed by atoms with E-state index in [1.165, 1.54) is 4.57 Å². The minimum absolute atomic E-state index is 0.0783. The summed E-state index contributed by atoms with van der Waals surface area (Å²) in [5.41, 5.74) is 1.96. The molecule has 0 aliphatic carbocycles. The molecule has 2 aromatic heterocycles. The van der Waals surface area contributed by atoms with Gasteiger partial charge < -0.3 is 19.8 Å². The van der Waals surface area contributed by atoms with Crippen molar-refractivity contribution in [1.29, 1.82) is 0 Å². The molecule has 168 valence electrons. The average molecular weight is 463 g/mol. The smallest absolute Gasteiger partial charge is 0.262 e. The molecular formula is C24H22N4O4S. The van der Waals surface area contributed by atoms with E-state index in [0.29, 0.717) is 34.7 Å². The van der Waals surface area contributed by atoms with Crippen LogP contribution in [-0.2, 0) is 17.9 Å². The lowest BCUT2D eigenvalue weighted by atomic mass is 10.2. The Hall–Kier alpha value is -3.98. The number of amides is 1. The number of carbonyl (C=O) groups is 1. The highest BCUT2D eigenvalue weighted by Crippen LogP contribution is 2.31. The lowest BCUT2D eigenvalue weighted by Gasteiger charge is -2.13. The van der Waals surface area contributed by atoms with Gasteiger partial charge in [-0.1, -0.05) is 12.1 Å². The van der Waals surface area contributed by atoms with Gasteiger partial charge in [-0.25, -0.2) is 0 Å². The summed E-state index contributed by atoms with van der Waals surface area (Å²) in [6.45, 7) is 0.492. The standard InChI is InChI=1S/C24H22N4O4S/c1-31-20-7-6-17(14-21(20)32-15-16-8-11-25-12-9-16)26-22(29)10-13-28-23(30)18-4-2-3-5-19(18)27-24(28)33/h2-9,11-12,14H,10,13,15H2,1H3,(H,26,29)(H,27,33). The van der Waals surface area contributed by atoms with Gasteiger partial charge >= 0.3 is 0 Å². The van der Waals surface area contributed by atoms with Crippen LogP contribution in [0.15, 0.2) is 71.8 Å². The third-order valence-electron chi connectivity index (χ3n) is 5.04. The van der Waals surface area contributed by atoms with E-state index < -0.39 is 0 Å². The number of fused-ring (bicyclic) bond motifs is 1. The number of para-hydroxylation sites is 1. The fourth-order valence-corrected chi connectivity index (χ4v) is 3.63. The number of hydrogen-bond donors (Lipinski definition) is 2. The molecule has 0 radical (unpaired) electrons. The highest BCUT2D eigenvalue weighted by Gasteiger charge is 2.11. The minimum Gasteiger partial charge on any atom is -0.493 e. The number of anilines is 1. The number of carbonyl (C=O) groups excluding carboxylic acids is 1. The van der Waals surface area contributed by atoms with Crippen molar-refractivity contribution in [3.8, 4) is 11.5 Å².